The van der Waals surface area contributed by atoms with E-state index >= 15 is 0 Å². The van der Waals surface area contributed by atoms with Gasteiger partial charge in [-0.3, -0.25) is 9.59 Å². The Morgan fingerprint density at radius 3 is 2.58 bits per heavy atom. The molecule has 2 atom stereocenters. The van der Waals surface area contributed by atoms with Crippen LogP contribution in [-0.2, 0) is 9.59 Å². The van der Waals surface area contributed by atoms with E-state index in [2.05, 4.69) is 12.2 Å². The van der Waals surface area contributed by atoms with Crippen LogP contribution in [0.5, 0.6) is 0 Å². The highest BCUT2D eigenvalue weighted by Gasteiger charge is 2.33. The second kappa shape index (κ2) is 7.48. The van der Waals surface area contributed by atoms with Crippen molar-refractivity contribution >= 4 is 11.9 Å². The van der Waals surface area contributed by atoms with Crippen molar-refractivity contribution in [2.45, 2.75) is 46.1 Å². The third-order valence-corrected chi connectivity index (χ3v) is 3.42. The molecule has 1 fully saturated rings. The Morgan fingerprint density at radius 1 is 1.37 bits per heavy atom. The van der Waals surface area contributed by atoms with Gasteiger partial charge < -0.3 is 15.3 Å². The van der Waals surface area contributed by atoms with E-state index in [1.165, 1.54) is 0 Å². The van der Waals surface area contributed by atoms with E-state index in [1.807, 2.05) is 13.8 Å². The number of aliphatic carboxylic acids is 1. The minimum Gasteiger partial charge on any atom is -0.481 e. The van der Waals surface area contributed by atoms with Gasteiger partial charge in [-0.25, -0.2) is 0 Å². The first kappa shape index (κ1) is 16.0. The summed E-state index contributed by atoms with van der Waals surface area (Å²) in [6.07, 6.45) is 2.11. The highest BCUT2D eigenvalue weighted by Crippen LogP contribution is 2.19. The lowest BCUT2D eigenvalue weighted by atomic mass is 9.93. The number of carboxylic acids is 1. The number of rotatable bonds is 6. The zero-order valence-corrected chi connectivity index (χ0v) is 12.2. The van der Waals surface area contributed by atoms with Crippen LogP contribution in [0.2, 0.25) is 0 Å². The lowest BCUT2D eigenvalue weighted by Gasteiger charge is -2.37. The normalized spacial score (nSPS) is 23.7. The summed E-state index contributed by atoms with van der Waals surface area (Å²) >= 11 is 0. The Bertz CT molecular complexity index is 318. The fourth-order valence-electron chi connectivity index (χ4n) is 2.46. The maximum Gasteiger partial charge on any atom is 0.308 e. The standard InChI is InChI=1S/C14H26N2O3/c1-4-5-15-12-7-11(14(18)19)8-16(9-12)13(17)6-10(2)3/h10-12,15H,4-9H2,1-3H3,(H,18,19). The lowest BCUT2D eigenvalue weighted by Crippen LogP contribution is -2.53. The van der Waals surface area contributed by atoms with Crippen molar-refractivity contribution in [1.82, 2.24) is 10.2 Å². The minimum atomic E-state index is -0.801. The smallest absolute Gasteiger partial charge is 0.308 e. The average molecular weight is 270 g/mol. The fourth-order valence-corrected chi connectivity index (χ4v) is 2.46. The quantitative estimate of drug-likeness (QED) is 0.764. The Balaban J connectivity index is 2.64. The first-order valence-corrected chi connectivity index (χ1v) is 7.18. The van der Waals surface area contributed by atoms with Crippen LogP contribution in [0.25, 0.3) is 0 Å². The molecule has 0 aromatic rings. The van der Waals surface area contributed by atoms with Gasteiger partial charge in [0, 0.05) is 25.6 Å². The fraction of sp³-hybridized carbons (Fsp3) is 0.857. The molecule has 1 aliphatic rings. The van der Waals surface area contributed by atoms with Crippen LogP contribution < -0.4 is 5.32 Å². The predicted molar refractivity (Wildman–Crippen MR) is 73.9 cm³/mol. The number of amides is 1. The number of likely N-dealkylation sites (tertiary alicyclic amines) is 1. The van der Waals surface area contributed by atoms with Crippen LogP contribution in [0, 0.1) is 11.8 Å². The molecule has 5 heteroatoms. The first-order valence-electron chi connectivity index (χ1n) is 7.18. The molecular formula is C14H26N2O3. The molecule has 0 aromatic heterocycles. The molecule has 1 amide bonds. The maximum atomic E-state index is 12.1. The Labute approximate surface area is 115 Å². The molecule has 1 saturated heterocycles. The van der Waals surface area contributed by atoms with E-state index in [4.69, 9.17) is 0 Å². The van der Waals surface area contributed by atoms with Crippen LogP contribution in [-0.4, -0.2) is 47.6 Å². The average Bonchev–Trinajstić information content (AvgIpc) is 2.35. The Kier molecular flexibility index (Phi) is 6.28. The number of carboxylic acid groups (broad SMARTS) is 1. The summed E-state index contributed by atoms with van der Waals surface area (Å²) in [6.45, 7) is 7.93. The van der Waals surface area contributed by atoms with Crippen LogP contribution in [0.15, 0.2) is 0 Å². The molecule has 0 bridgehead atoms. The van der Waals surface area contributed by atoms with Gasteiger partial charge in [0.15, 0.2) is 0 Å². The molecule has 0 saturated carbocycles. The van der Waals surface area contributed by atoms with Crippen LogP contribution in [0.1, 0.15) is 40.0 Å². The SMILES string of the molecule is CCCNC1CC(C(=O)O)CN(C(=O)CC(C)C)C1. The van der Waals surface area contributed by atoms with Crippen molar-refractivity contribution < 1.29 is 14.7 Å². The number of piperidine rings is 1. The van der Waals surface area contributed by atoms with Gasteiger partial charge in [0.05, 0.1) is 5.92 Å². The van der Waals surface area contributed by atoms with Gasteiger partial charge in [-0.05, 0) is 25.3 Å². The predicted octanol–water partition coefficient (Wildman–Crippen LogP) is 1.33. The highest BCUT2D eigenvalue weighted by atomic mass is 16.4. The van der Waals surface area contributed by atoms with Gasteiger partial charge in [-0.15, -0.1) is 0 Å². The lowest BCUT2D eigenvalue weighted by molar-refractivity contribution is -0.146. The number of nitrogens with one attached hydrogen (secondary N) is 1. The van der Waals surface area contributed by atoms with Gasteiger partial charge >= 0.3 is 5.97 Å². The second-order valence-corrected chi connectivity index (χ2v) is 5.82. The molecule has 2 N–H and O–H groups in total. The molecule has 2 unspecified atom stereocenters. The zero-order valence-electron chi connectivity index (χ0n) is 12.2. The van der Waals surface area contributed by atoms with Crippen LogP contribution >= 0.6 is 0 Å². The van der Waals surface area contributed by atoms with Gasteiger partial charge in [0.25, 0.3) is 0 Å². The molecule has 0 aliphatic carbocycles. The summed E-state index contributed by atoms with van der Waals surface area (Å²) in [5.41, 5.74) is 0. The Morgan fingerprint density at radius 2 is 2.05 bits per heavy atom. The summed E-state index contributed by atoms with van der Waals surface area (Å²) in [6, 6.07) is 0.103. The second-order valence-electron chi connectivity index (χ2n) is 5.82. The molecule has 110 valence electrons. The van der Waals surface area contributed by atoms with Crippen molar-refractivity contribution in [3.8, 4) is 0 Å². The number of carbonyl (C=O) groups excluding carboxylic acids is 1. The van der Waals surface area contributed by atoms with E-state index in [1.54, 1.807) is 4.90 Å². The minimum absolute atomic E-state index is 0.0734. The topological polar surface area (TPSA) is 69.6 Å². The van der Waals surface area contributed by atoms with E-state index in [-0.39, 0.29) is 11.9 Å². The highest BCUT2D eigenvalue weighted by molar-refractivity contribution is 5.78. The molecular weight excluding hydrogens is 244 g/mol. The monoisotopic (exact) mass is 270 g/mol. The van der Waals surface area contributed by atoms with Gasteiger partial charge in [0.1, 0.15) is 0 Å². The number of hydrogen-bond donors (Lipinski definition) is 2. The zero-order chi connectivity index (χ0) is 14.4. The van der Waals surface area contributed by atoms with Crippen molar-refractivity contribution in [2.75, 3.05) is 19.6 Å². The number of carbonyl (C=O) groups is 2. The largest absolute Gasteiger partial charge is 0.481 e. The molecule has 0 radical (unpaired) electrons. The third-order valence-electron chi connectivity index (χ3n) is 3.42. The Hall–Kier alpha value is -1.10. The molecule has 1 aliphatic heterocycles. The summed E-state index contributed by atoms with van der Waals surface area (Å²) in [7, 11) is 0. The first-order chi connectivity index (χ1) is 8.93. The van der Waals surface area contributed by atoms with Crippen molar-refractivity contribution in [2.24, 2.45) is 11.8 Å². The maximum absolute atomic E-state index is 12.1. The van der Waals surface area contributed by atoms with E-state index in [0.29, 0.717) is 31.8 Å². The summed E-state index contributed by atoms with van der Waals surface area (Å²) in [5.74, 6) is -0.867. The van der Waals surface area contributed by atoms with Crippen LogP contribution in [0.4, 0.5) is 0 Å². The van der Waals surface area contributed by atoms with Gasteiger partial charge in [-0.2, -0.15) is 0 Å². The third kappa shape index (κ3) is 5.19. The summed E-state index contributed by atoms with van der Waals surface area (Å²) in [5, 5.41) is 12.5. The van der Waals surface area contributed by atoms with Crippen molar-refractivity contribution in [1.29, 1.82) is 0 Å². The molecule has 19 heavy (non-hydrogen) atoms. The van der Waals surface area contributed by atoms with Crippen molar-refractivity contribution in [3.63, 3.8) is 0 Å². The van der Waals surface area contributed by atoms with Gasteiger partial charge in [0.2, 0.25) is 5.91 Å². The van der Waals surface area contributed by atoms with E-state index in [9.17, 15) is 14.7 Å². The molecule has 5 nitrogen and oxygen atoms in total. The summed E-state index contributed by atoms with van der Waals surface area (Å²) in [4.78, 5) is 25.0. The molecule has 0 aromatic carbocycles. The number of hydrogen-bond acceptors (Lipinski definition) is 3. The molecule has 0 spiro atoms. The van der Waals surface area contributed by atoms with Crippen LogP contribution in [0.3, 0.4) is 0 Å². The van der Waals surface area contributed by atoms with E-state index in [0.717, 1.165) is 13.0 Å². The summed E-state index contributed by atoms with van der Waals surface area (Å²) < 4.78 is 0. The van der Waals surface area contributed by atoms with E-state index < -0.39 is 11.9 Å². The van der Waals surface area contributed by atoms with Crippen molar-refractivity contribution in [3.05, 3.63) is 0 Å². The molecule has 1 heterocycles. The number of nitrogens with zero attached hydrogens (tertiary/aromatic N) is 1. The molecule has 1 rings (SSSR count). The van der Waals surface area contributed by atoms with Gasteiger partial charge in [-0.1, -0.05) is 20.8 Å².